The lowest BCUT2D eigenvalue weighted by atomic mass is 10.0. The van der Waals surface area contributed by atoms with Crippen LogP contribution in [0.3, 0.4) is 0 Å². The topological polar surface area (TPSA) is 111 Å². The zero-order valence-corrected chi connectivity index (χ0v) is 35.8. The fourth-order valence-electron chi connectivity index (χ4n) is 7.28. The highest BCUT2D eigenvalue weighted by molar-refractivity contribution is 7.45. The molecule has 0 N–H and O–H groups in total. The number of rotatable bonds is 38. The van der Waals surface area contributed by atoms with Crippen molar-refractivity contribution < 1.29 is 42.1 Å². The number of likely N-dealkylation sites (N-methyl/N-ethyl adjacent to an activating group) is 1. The molecule has 0 aromatic rings. The van der Waals surface area contributed by atoms with Crippen LogP contribution in [0.1, 0.15) is 213 Å². The van der Waals surface area contributed by atoms with Crippen LogP contribution in [-0.2, 0) is 32.7 Å². The van der Waals surface area contributed by atoms with Crippen molar-refractivity contribution in [3.8, 4) is 0 Å². The van der Waals surface area contributed by atoms with Crippen LogP contribution in [0.4, 0.5) is 0 Å². The van der Waals surface area contributed by atoms with E-state index in [1.165, 1.54) is 135 Å². The summed E-state index contributed by atoms with van der Waals surface area (Å²) in [6.45, 7) is 6.47. The smallest absolute Gasteiger partial charge is 0.306 e. The Labute approximate surface area is 326 Å². The van der Waals surface area contributed by atoms with E-state index in [4.69, 9.17) is 18.5 Å². The number of ether oxygens (including phenoxy) is 2. The molecule has 2 atom stereocenters. The third-order valence-corrected chi connectivity index (χ3v) is 11.9. The molecule has 0 radical (unpaired) electrons. The summed E-state index contributed by atoms with van der Waals surface area (Å²) in [6, 6.07) is 0. The standard InChI is InChI=1S/C43H84NO8P/c1-4-6-8-10-12-14-16-18-20-22-24-26-29-33-42(45)49-39-41(40-51-53(47,48)50-38-37-44(3)35-31-28-32-36-44)52-43(46)34-30-27-25-23-21-19-17-15-13-11-9-7-5-2/h41H,4-40H2,1-3H3. The van der Waals surface area contributed by atoms with E-state index in [0.29, 0.717) is 19.4 Å². The quantitative estimate of drug-likeness (QED) is 0.0264. The fourth-order valence-corrected chi connectivity index (χ4v) is 8.01. The number of hydrogen-bond acceptors (Lipinski definition) is 8. The molecular formula is C43H84NO8P. The van der Waals surface area contributed by atoms with E-state index in [0.717, 1.165) is 62.5 Å². The van der Waals surface area contributed by atoms with Crippen molar-refractivity contribution in [3.05, 3.63) is 0 Å². The molecule has 53 heavy (non-hydrogen) atoms. The Bertz CT molecular complexity index is 913. The number of hydrogen-bond donors (Lipinski definition) is 0. The van der Waals surface area contributed by atoms with Crippen LogP contribution in [0.2, 0.25) is 0 Å². The summed E-state index contributed by atoms with van der Waals surface area (Å²) in [6.07, 6.45) is 34.7. The number of nitrogens with zero attached hydrogens (tertiary/aromatic N) is 1. The zero-order chi connectivity index (χ0) is 38.7. The molecule has 0 bridgehead atoms. The van der Waals surface area contributed by atoms with Crippen molar-refractivity contribution in [2.75, 3.05) is 46.5 Å². The molecular weight excluding hydrogens is 689 g/mol. The second kappa shape index (κ2) is 34.3. The SMILES string of the molecule is CCCCCCCCCCCCCCCC(=O)OCC(COP(=O)([O-])OCC[N+]1(C)CCCCC1)OC(=O)CCCCCCCCCCCCCCC. The van der Waals surface area contributed by atoms with Crippen LogP contribution in [0.15, 0.2) is 0 Å². The second-order valence-corrected chi connectivity index (χ2v) is 17.6. The summed E-state index contributed by atoms with van der Waals surface area (Å²) >= 11 is 0. The van der Waals surface area contributed by atoms with Crippen LogP contribution in [0, 0.1) is 0 Å². The second-order valence-electron chi connectivity index (χ2n) is 16.2. The van der Waals surface area contributed by atoms with E-state index in [1.807, 2.05) is 0 Å². The first-order valence-corrected chi connectivity index (χ1v) is 23.9. The molecule has 2 unspecified atom stereocenters. The molecule has 0 saturated carbocycles. The van der Waals surface area contributed by atoms with Crippen LogP contribution >= 0.6 is 7.82 Å². The maximum Gasteiger partial charge on any atom is 0.306 e. The first-order chi connectivity index (χ1) is 25.7. The number of carbonyl (C=O) groups excluding carboxylic acids is 2. The van der Waals surface area contributed by atoms with Gasteiger partial charge in [-0.15, -0.1) is 0 Å². The first-order valence-electron chi connectivity index (χ1n) is 22.5. The van der Waals surface area contributed by atoms with Gasteiger partial charge in [0, 0.05) is 12.8 Å². The number of carbonyl (C=O) groups is 2. The fraction of sp³-hybridized carbons (Fsp3) is 0.953. The van der Waals surface area contributed by atoms with Crippen LogP contribution < -0.4 is 4.89 Å². The van der Waals surface area contributed by atoms with Crippen LogP contribution in [0.25, 0.3) is 0 Å². The van der Waals surface area contributed by atoms with Gasteiger partial charge >= 0.3 is 11.9 Å². The van der Waals surface area contributed by atoms with Gasteiger partial charge < -0.3 is 27.9 Å². The number of unbranched alkanes of at least 4 members (excludes halogenated alkanes) is 24. The van der Waals surface area contributed by atoms with Crippen molar-refractivity contribution in [1.82, 2.24) is 0 Å². The number of esters is 2. The highest BCUT2D eigenvalue weighted by Gasteiger charge is 2.26. The Hall–Kier alpha value is -0.990. The minimum absolute atomic E-state index is 0.0366. The molecule has 1 aliphatic heterocycles. The maximum absolute atomic E-state index is 12.7. The van der Waals surface area contributed by atoms with E-state index in [-0.39, 0.29) is 25.6 Å². The van der Waals surface area contributed by atoms with Crippen molar-refractivity contribution in [2.24, 2.45) is 0 Å². The Morgan fingerprint density at radius 3 is 1.40 bits per heavy atom. The molecule has 314 valence electrons. The lowest BCUT2D eigenvalue weighted by Crippen LogP contribution is -2.49. The molecule has 1 rings (SSSR count). The van der Waals surface area contributed by atoms with Gasteiger partial charge in [-0.1, -0.05) is 168 Å². The summed E-state index contributed by atoms with van der Waals surface area (Å²) in [5.41, 5.74) is 0. The van der Waals surface area contributed by atoms with Crippen molar-refractivity contribution in [1.29, 1.82) is 0 Å². The molecule has 0 aromatic carbocycles. The lowest BCUT2D eigenvalue weighted by Gasteiger charge is -2.38. The summed E-state index contributed by atoms with van der Waals surface area (Å²) in [7, 11) is -2.50. The predicted molar refractivity (Wildman–Crippen MR) is 216 cm³/mol. The van der Waals surface area contributed by atoms with Gasteiger partial charge in [-0.2, -0.15) is 0 Å². The molecule has 0 aliphatic carbocycles. The van der Waals surface area contributed by atoms with Crippen LogP contribution in [0.5, 0.6) is 0 Å². The molecule has 1 saturated heterocycles. The van der Waals surface area contributed by atoms with Crippen LogP contribution in [-0.4, -0.2) is 69.0 Å². The monoisotopic (exact) mass is 774 g/mol. The van der Waals surface area contributed by atoms with Gasteiger partial charge in [-0.25, -0.2) is 0 Å². The van der Waals surface area contributed by atoms with Crippen molar-refractivity contribution in [2.45, 2.75) is 219 Å². The molecule has 9 nitrogen and oxygen atoms in total. The molecule has 1 aliphatic rings. The van der Waals surface area contributed by atoms with E-state index in [9.17, 15) is 19.0 Å². The minimum atomic E-state index is -4.62. The van der Waals surface area contributed by atoms with Gasteiger partial charge in [0.15, 0.2) is 6.10 Å². The van der Waals surface area contributed by atoms with Gasteiger partial charge in [-0.05, 0) is 32.1 Å². The number of piperidine rings is 1. The van der Waals surface area contributed by atoms with Gasteiger partial charge in [-0.3, -0.25) is 14.2 Å². The Morgan fingerprint density at radius 2 is 0.962 bits per heavy atom. The van der Waals surface area contributed by atoms with Gasteiger partial charge in [0.1, 0.15) is 19.8 Å². The number of phosphoric acid groups is 1. The molecule has 10 heteroatoms. The first kappa shape index (κ1) is 50.0. The molecule has 0 spiro atoms. The Kier molecular flexibility index (Phi) is 32.4. The van der Waals surface area contributed by atoms with Crippen molar-refractivity contribution in [3.63, 3.8) is 0 Å². The predicted octanol–water partition coefficient (Wildman–Crippen LogP) is 11.5. The number of phosphoric ester groups is 1. The van der Waals surface area contributed by atoms with E-state index < -0.39 is 26.5 Å². The largest absolute Gasteiger partial charge is 0.756 e. The van der Waals surface area contributed by atoms with Gasteiger partial charge in [0.2, 0.25) is 0 Å². The van der Waals surface area contributed by atoms with Crippen molar-refractivity contribution >= 4 is 19.8 Å². The molecule has 1 fully saturated rings. The summed E-state index contributed by atoms with van der Waals surface area (Å²) in [4.78, 5) is 37.8. The van der Waals surface area contributed by atoms with E-state index in [2.05, 4.69) is 20.9 Å². The highest BCUT2D eigenvalue weighted by atomic mass is 31.2. The number of quaternary nitrogens is 1. The summed E-state index contributed by atoms with van der Waals surface area (Å²) in [5, 5.41) is 0. The molecule has 0 aromatic heterocycles. The van der Waals surface area contributed by atoms with E-state index in [1.54, 1.807) is 0 Å². The van der Waals surface area contributed by atoms with E-state index >= 15 is 0 Å². The normalized spacial score (nSPS) is 15.9. The minimum Gasteiger partial charge on any atom is -0.756 e. The Morgan fingerprint density at radius 1 is 0.566 bits per heavy atom. The summed E-state index contributed by atoms with van der Waals surface area (Å²) < 4.78 is 34.7. The number of likely N-dealkylation sites (tertiary alicyclic amines) is 1. The van der Waals surface area contributed by atoms with Gasteiger partial charge in [0.25, 0.3) is 7.82 Å². The molecule has 0 amide bonds. The Balaban J connectivity index is 2.34. The third kappa shape index (κ3) is 31.9. The zero-order valence-electron chi connectivity index (χ0n) is 34.9. The summed E-state index contributed by atoms with van der Waals surface area (Å²) in [5.74, 6) is -0.802. The molecule has 1 heterocycles. The average molecular weight is 774 g/mol. The lowest BCUT2D eigenvalue weighted by molar-refractivity contribution is -0.914. The maximum atomic E-state index is 12.7. The third-order valence-electron chi connectivity index (χ3n) is 10.9. The van der Waals surface area contributed by atoms with Gasteiger partial charge in [0.05, 0.1) is 26.7 Å². The highest BCUT2D eigenvalue weighted by Crippen LogP contribution is 2.38. The average Bonchev–Trinajstić information content (AvgIpc) is 3.13.